The van der Waals surface area contributed by atoms with E-state index in [2.05, 4.69) is 0 Å². The molecule has 2 amide bonds. The van der Waals surface area contributed by atoms with Crippen molar-refractivity contribution in [1.82, 2.24) is 14.7 Å². The van der Waals surface area contributed by atoms with Crippen LogP contribution < -0.4 is 0 Å². The van der Waals surface area contributed by atoms with E-state index in [-0.39, 0.29) is 18.4 Å². The number of amides is 2. The number of nitrogens with zero attached hydrogens (tertiary/aromatic N) is 3. The van der Waals surface area contributed by atoms with Gasteiger partial charge in [-0.1, -0.05) is 0 Å². The van der Waals surface area contributed by atoms with Crippen LogP contribution in [0.15, 0.2) is 0 Å². The van der Waals surface area contributed by atoms with Crippen molar-refractivity contribution in [2.45, 2.75) is 13.3 Å². The van der Waals surface area contributed by atoms with Crippen molar-refractivity contribution in [1.29, 1.82) is 0 Å². The Kier molecular flexibility index (Phi) is 6.07. The topological polar surface area (TPSA) is 64.1 Å². The van der Waals surface area contributed by atoms with Gasteiger partial charge in [0.2, 0.25) is 11.8 Å². The van der Waals surface area contributed by atoms with Crippen molar-refractivity contribution in [3.63, 3.8) is 0 Å². The molecule has 1 saturated heterocycles. The molecule has 0 atom stereocenters. The molecule has 0 aromatic carbocycles. The van der Waals surface area contributed by atoms with Crippen LogP contribution in [0.2, 0.25) is 0 Å². The lowest BCUT2D eigenvalue weighted by Crippen LogP contribution is -2.52. The van der Waals surface area contributed by atoms with Gasteiger partial charge in [0, 0.05) is 46.3 Å². The van der Waals surface area contributed by atoms with Gasteiger partial charge < -0.3 is 14.9 Å². The molecule has 6 heteroatoms. The number of carbonyl (C=O) groups is 2. The number of hydrogen-bond donors (Lipinski definition) is 1. The summed E-state index contributed by atoms with van der Waals surface area (Å²) in [5, 5.41) is 8.72. The third kappa shape index (κ3) is 4.62. The predicted octanol–water partition coefficient (Wildman–Crippen LogP) is -1.01. The van der Waals surface area contributed by atoms with E-state index in [1.165, 1.54) is 0 Å². The van der Waals surface area contributed by atoms with Crippen molar-refractivity contribution in [2.75, 3.05) is 52.9 Å². The minimum Gasteiger partial charge on any atom is -0.396 e. The molecular formula is C12H23N3O3. The van der Waals surface area contributed by atoms with Gasteiger partial charge in [-0.05, 0) is 13.5 Å². The molecule has 0 saturated carbocycles. The lowest BCUT2D eigenvalue weighted by molar-refractivity contribution is -0.139. The third-order valence-corrected chi connectivity index (χ3v) is 3.18. The summed E-state index contributed by atoms with van der Waals surface area (Å²) in [6.07, 6.45) is 0.682. The van der Waals surface area contributed by atoms with Gasteiger partial charge in [-0.25, -0.2) is 0 Å². The van der Waals surface area contributed by atoms with E-state index in [0.717, 1.165) is 6.54 Å². The van der Waals surface area contributed by atoms with Crippen molar-refractivity contribution >= 4 is 11.8 Å². The second-order valence-electron chi connectivity index (χ2n) is 4.70. The van der Waals surface area contributed by atoms with E-state index in [1.54, 1.807) is 16.7 Å². The fourth-order valence-corrected chi connectivity index (χ4v) is 2.02. The van der Waals surface area contributed by atoms with Crippen molar-refractivity contribution < 1.29 is 14.7 Å². The van der Waals surface area contributed by atoms with E-state index in [9.17, 15) is 9.59 Å². The third-order valence-electron chi connectivity index (χ3n) is 3.18. The fraction of sp³-hybridized carbons (Fsp3) is 0.833. The monoisotopic (exact) mass is 257 g/mol. The summed E-state index contributed by atoms with van der Waals surface area (Å²) in [6, 6.07) is 0. The summed E-state index contributed by atoms with van der Waals surface area (Å²) in [4.78, 5) is 28.6. The summed E-state index contributed by atoms with van der Waals surface area (Å²) in [5.41, 5.74) is 0. The molecule has 18 heavy (non-hydrogen) atoms. The highest BCUT2D eigenvalue weighted by Crippen LogP contribution is 2.03. The summed E-state index contributed by atoms with van der Waals surface area (Å²) >= 11 is 0. The number of likely N-dealkylation sites (N-methyl/N-ethyl adjacent to an activating group) is 1. The van der Waals surface area contributed by atoms with Gasteiger partial charge in [0.1, 0.15) is 0 Å². The maximum absolute atomic E-state index is 12.0. The molecule has 0 aromatic heterocycles. The van der Waals surface area contributed by atoms with E-state index in [1.807, 2.05) is 11.9 Å². The van der Waals surface area contributed by atoms with Gasteiger partial charge in [0.05, 0.1) is 6.54 Å². The molecule has 0 aliphatic carbocycles. The maximum atomic E-state index is 12.0. The fourth-order valence-electron chi connectivity index (χ4n) is 2.02. The normalized spacial score (nSPS) is 16.2. The molecular weight excluding hydrogens is 234 g/mol. The minimum atomic E-state index is 0.0714. The van der Waals surface area contributed by atoms with Gasteiger partial charge in [0.15, 0.2) is 0 Å². The van der Waals surface area contributed by atoms with Crippen LogP contribution in [0, 0.1) is 0 Å². The standard InChI is InChI=1S/C12H23N3O3/c1-11(17)14-5-7-15(8-6-14)12(18)10-13(2)4-3-9-16/h16H,3-10H2,1-2H3. The average Bonchev–Trinajstić information content (AvgIpc) is 2.36. The van der Waals surface area contributed by atoms with Crippen LogP contribution in [0.5, 0.6) is 0 Å². The molecule has 0 bridgehead atoms. The zero-order chi connectivity index (χ0) is 13.5. The second-order valence-corrected chi connectivity index (χ2v) is 4.70. The first-order chi connectivity index (χ1) is 8.54. The van der Waals surface area contributed by atoms with Crippen LogP contribution in [0.25, 0.3) is 0 Å². The highest BCUT2D eigenvalue weighted by molar-refractivity contribution is 5.79. The van der Waals surface area contributed by atoms with Gasteiger partial charge in [-0.15, -0.1) is 0 Å². The summed E-state index contributed by atoms with van der Waals surface area (Å²) in [7, 11) is 1.87. The Labute approximate surface area is 108 Å². The summed E-state index contributed by atoms with van der Waals surface area (Å²) in [6.45, 7) is 5.28. The van der Waals surface area contributed by atoms with Crippen LogP contribution in [0.1, 0.15) is 13.3 Å². The SMILES string of the molecule is CC(=O)N1CCN(C(=O)CN(C)CCCO)CC1. The maximum Gasteiger partial charge on any atom is 0.236 e. The molecule has 1 rings (SSSR count). The lowest BCUT2D eigenvalue weighted by Gasteiger charge is -2.35. The number of piperazine rings is 1. The van der Waals surface area contributed by atoms with Crippen LogP contribution >= 0.6 is 0 Å². The van der Waals surface area contributed by atoms with E-state index in [4.69, 9.17) is 5.11 Å². The highest BCUT2D eigenvalue weighted by Gasteiger charge is 2.22. The Morgan fingerprint density at radius 1 is 1.17 bits per heavy atom. The van der Waals surface area contributed by atoms with E-state index < -0.39 is 0 Å². The Morgan fingerprint density at radius 2 is 1.72 bits per heavy atom. The zero-order valence-electron chi connectivity index (χ0n) is 11.3. The molecule has 1 fully saturated rings. The number of hydrogen-bond acceptors (Lipinski definition) is 4. The first kappa shape index (κ1) is 14.9. The van der Waals surface area contributed by atoms with Crippen LogP contribution in [0.3, 0.4) is 0 Å². The highest BCUT2D eigenvalue weighted by atomic mass is 16.3. The van der Waals surface area contributed by atoms with Gasteiger partial charge >= 0.3 is 0 Å². The minimum absolute atomic E-state index is 0.0714. The molecule has 6 nitrogen and oxygen atoms in total. The van der Waals surface area contributed by atoms with Gasteiger partial charge in [0.25, 0.3) is 0 Å². The Morgan fingerprint density at radius 3 is 2.22 bits per heavy atom. The number of carbonyl (C=O) groups excluding carboxylic acids is 2. The Balaban J connectivity index is 2.29. The molecule has 1 aliphatic heterocycles. The molecule has 1 N–H and O–H groups in total. The van der Waals surface area contributed by atoms with Crippen LogP contribution in [-0.4, -0.2) is 84.5 Å². The summed E-state index contributed by atoms with van der Waals surface area (Å²) in [5.74, 6) is 0.167. The smallest absolute Gasteiger partial charge is 0.236 e. The molecule has 1 heterocycles. The van der Waals surface area contributed by atoms with Crippen molar-refractivity contribution in [2.24, 2.45) is 0 Å². The van der Waals surface area contributed by atoms with Crippen molar-refractivity contribution in [3.05, 3.63) is 0 Å². The van der Waals surface area contributed by atoms with Gasteiger partial charge in [-0.2, -0.15) is 0 Å². The first-order valence-electron chi connectivity index (χ1n) is 6.37. The van der Waals surface area contributed by atoms with Crippen molar-refractivity contribution in [3.8, 4) is 0 Å². The van der Waals surface area contributed by atoms with E-state index >= 15 is 0 Å². The molecule has 0 unspecified atom stereocenters. The second kappa shape index (κ2) is 7.33. The molecule has 1 aliphatic rings. The summed E-state index contributed by atoms with van der Waals surface area (Å²) < 4.78 is 0. The molecule has 0 aromatic rings. The van der Waals surface area contributed by atoms with E-state index in [0.29, 0.717) is 39.1 Å². The quantitative estimate of drug-likeness (QED) is 0.685. The molecule has 0 radical (unpaired) electrons. The largest absolute Gasteiger partial charge is 0.396 e. The van der Waals surface area contributed by atoms with Crippen LogP contribution in [0.4, 0.5) is 0 Å². The number of aliphatic hydroxyl groups excluding tert-OH is 1. The predicted molar refractivity (Wildman–Crippen MR) is 68.0 cm³/mol. The number of rotatable bonds is 5. The first-order valence-corrected chi connectivity index (χ1v) is 6.37. The van der Waals surface area contributed by atoms with Gasteiger partial charge in [-0.3, -0.25) is 14.5 Å². The Bertz CT molecular complexity index is 288. The number of aliphatic hydroxyl groups is 1. The zero-order valence-corrected chi connectivity index (χ0v) is 11.3. The lowest BCUT2D eigenvalue weighted by atomic mass is 10.3. The Hall–Kier alpha value is -1.14. The molecule has 104 valence electrons. The van der Waals surface area contributed by atoms with Crippen LogP contribution in [-0.2, 0) is 9.59 Å². The molecule has 0 spiro atoms. The average molecular weight is 257 g/mol.